The number of amides is 1. The van der Waals surface area contributed by atoms with Gasteiger partial charge in [-0.2, -0.15) is 5.10 Å². The smallest absolute Gasteiger partial charge is 0.259 e. The number of carbonyl (C=O) groups is 1. The van der Waals surface area contributed by atoms with Crippen LogP contribution < -0.4 is 5.56 Å². The number of aryl methyl sites for hydroxylation is 1. The van der Waals surface area contributed by atoms with Crippen molar-refractivity contribution in [3.63, 3.8) is 0 Å². The SMILES string of the molecule is Cc1cc2[nH]c(=O)c3cnn(C4CCCC4)c3c2cc1C(=O)N1CC(N2CCOCC2)C1. The van der Waals surface area contributed by atoms with Gasteiger partial charge in [0, 0.05) is 43.2 Å². The maximum Gasteiger partial charge on any atom is 0.259 e. The molecule has 8 nitrogen and oxygen atoms in total. The molecule has 8 heteroatoms. The molecule has 3 fully saturated rings. The maximum absolute atomic E-state index is 13.4. The van der Waals surface area contributed by atoms with E-state index < -0.39 is 0 Å². The van der Waals surface area contributed by atoms with E-state index in [0.717, 1.165) is 74.2 Å². The monoisotopic (exact) mass is 435 g/mol. The summed E-state index contributed by atoms with van der Waals surface area (Å²) in [4.78, 5) is 33.5. The molecule has 2 aromatic heterocycles. The van der Waals surface area contributed by atoms with Crippen molar-refractivity contribution >= 4 is 27.7 Å². The van der Waals surface area contributed by atoms with Crippen molar-refractivity contribution in [1.29, 1.82) is 0 Å². The number of aromatic nitrogens is 3. The Labute approximate surface area is 186 Å². The number of H-pyrrole nitrogens is 1. The van der Waals surface area contributed by atoms with Gasteiger partial charge in [0.2, 0.25) is 0 Å². The highest BCUT2D eigenvalue weighted by Crippen LogP contribution is 2.34. The largest absolute Gasteiger partial charge is 0.379 e. The summed E-state index contributed by atoms with van der Waals surface area (Å²) in [6.07, 6.45) is 6.22. The van der Waals surface area contributed by atoms with Crippen molar-refractivity contribution < 1.29 is 9.53 Å². The first-order valence-corrected chi connectivity index (χ1v) is 11.7. The molecular weight excluding hydrogens is 406 g/mol. The number of nitrogens with one attached hydrogen (secondary N) is 1. The average molecular weight is 436 g/mol. The summed E-state index contributed by atoms with van der Waals surface area (Å²) < 4.78 is 7.48. The Balaban J connectivity index is 1.36. The second-order valence-corrected chi connectivity index (χ2v) is 9.47. The van der Waals surface area contributed by atoms with Crippen molar-refractivity contribution in [3.8, 4) is 0 Å². The van der Waals surface area contributed by atoms with Gasteiger partial charge in [-0.05, 0) is 37.5 Å². The van der Waals surface area contributed by atoms with Gasteiger partial charge in [-0.25, -0.2) is 0 Å². The fourth-order valence-electron chi connectivity index (χ4n) is 5.61. The zero-order chi connectivity index (χ0) is 21.8. The van der Waals surface area contributed by atoms with Crippen molar-refractivity contribution in [2.24, 2.45) is 0 Å². The van der Waals surface area contributed by atoms with Gasteiger partial charge in [0.05, 0.1) is 41.9 Å². The third-order valence-electron chi connectivity index (χ3n) is 7.52. The zero-order valence-electron chi connectivity index (χ0n) is 18.5. The quantitative estimate of drug-likeness (QED) is 0.683. The number of aromatic amines is 1. The minimum absolute atomic E-state index is 0.0696. The van der Waals surface area contributed by atoms with Crippen molar-refractivity contribution in [2.75, 3.05) is 39.4 Å². The summed E-state index contributed by atoms with van der Waals surface area (Å²) in [6, 6.07) is 4.66. The number of fused-ring (bicyclic) bond motifs is 3. The number of ether oxygens (including phenoxy) is 1. The highest BCUT2D eigenvalue weighted by atomic mass is 16.5. The standard InChI is InChI=1S/C24H29N5O3/c1-15-10-21-19(22-20(23(30)26-21)12-25-29(22)16-4-2-3-5-16)11-18(15)24(31)28-13-17(14-28)27-6-8-32-9-7-27/h10-12,16-17H,2-9,13-14H2,1H3,(H,26,30). The van der Waals surface area contributed by atoms with E-state index in [9.17, 15) is 9.59 Å². The summed E-state index contributed by atoms with van der Waals surface area (Å²) in [5.74, 6) is 0.0696. The van der Waals surface area contributed by atoms with Gasteiger partial charge >= 0.3 is 0 Å². The topological polar surface area (TPSA) is 83.5 Å². The summed E-state index contributed by atoms with van der Waals surface area (Å²) in [5.41, 5.74) is 3.11. The lowest BCUT2D eigenvalue weighted by Gasteiger charge is -2.46. The lowest BCUT2D eigenvalue weighted by molar-refractivity contribution is -0.0256. The first-order valence-electron chi connectivity index (χ1n) is 11.7. The van der Waals surface area contributed by atoms with Crippen LogP contribution in [0.5, 0.6) is 0 Å². The first-order chi connectivity index (χ1) is 15.6. The lowest BCUT2D eigenvalue weighted by atomic mass is 9.99. The molecule has 32 heavy (non-hydrogen) atoms. The molecule has 2 saturated heterocycles. The van der Waals surface area contributed by atoms with E-state index in [0.29, 0.717) is 23.0 Å². The number of rotatable bonds is 3. The summed E-state index contributed by atoms with van der Waals surface area (Å²) in [7, 11) is 0. The molecule has 0 radical (unpaired) electrons. The van der Waals surface area contributed by atoms with Gasteiger partial charge in [-0.15, -0.1) is 0 Å². The maximum atomic E-state index is 13.4. The molecular formula is C24H29N5O3. The number of pyridine rings is 1. The Morgan fingerprint density at radius 2 is 1.84 bits per heavy atom. The van der Waals surface area contributed by atoms with Gasteiger partial charge in [0.15, 0.2) is 0 Å². The molecule has 168 valence electrons. The van der Waals surface area contributed by atoms with Crippen molar-refractivity contribution in [2.45, 2.75) is 44.7 Å². The fourth-order valence-corrected chi connectivity index (χ4v) is 5.61. The number of benzene rings is 1. The predicted octanol–water partition coefficient (Wildman–Crippen LogP) is 2.46. The van der Waals surface area contributed by atoms with E-state index in [4.69, 9.17) is 4.74 Å². The van der Waals surface area contributed by atoms with Crippen LogP contribution in [0.2, 0.25) is 0 Å². The molecule has 4 heterocycles. The summed E-state index contributed by atoms with van der Waals surface area (Å²) in [6.45, 7) is 6.90. The van der Waals surface area contributed by atoms with E-state index in [1.165, 1.54) is 12.8 Å². The number of hydrogen-bond acceptors (Lipinski definition) is 5. The van der Waals surface area contributed by atoms with Gasteiger partial charge in [-0.1, -0.05) is 12.8 Å². The number of morpholine rings is 1. The van der Waals surface area contributed by atoms with Crippen LogP contribution >= 0.6 is 0 Å². The molecule has 0 atom stereocenters. The Hall–Kier alpha value is -2.71. The average Bonchev–Trinajstić information content (AvgIpc) is 3.43. The second kappa shape index (κ2) is 7.71. The summed E-state index contributed by atoms with van der Waals surface area (Å²) >= 11 is 0. The van der Waals surface area contributed by atoms with Crippen LogP contribution in [-0.4, -0.2) is 75.9 Å². The van der Waals surface area contributed by atoms with E-state index >= 15 is 0 Å². The van der Waals surface area contributed by atoms with E-state index in [-0.39, 0.29) is 11.5 Å². The van der Waals surface area contributed by atoms with Crippen LogP contribution in [0.15, 0.2) is 23.1 Å². The Morgan fingerprint density at radius 3 is 2.59 bits per heavy atom. The molecule has 3 aliphatic rings. The molecule has 0 spiro atoms. The van der Waals surface area contributed by atoms with Crippen LogP contribution in [0.3, 0.4) is 0 Å². The van der Waals surface area contributed by atoms with Gasteiger partial charge in [-0.3, -0.25) is 19.2 Å². The third-order valence-corrected chi connectivity index (χ3v) is 7.52. The minimum Gasteiger partial charge on any atom is -0.379 e. The second-order valence-electron chi connectivity index (χ2n) is 9.47. The molecule has 6 rings (SSSR count). The van der Waals surface area contributed by atoms with Gasteiger partial charge in [0.1, 0.15) is 0 Å². The number of hydrogen-bond donors (Lipinski definition) is 1. The third kappa shape index (κ3) is 3.16. The zero-order valence-corrected chi connectivity index (χ0v) is 18.5. The van der Waals surface area contributed by atoms with Crippen LogP contribution in [0.25, 0.3) is 21.8 Å². The molecule has 1 aromatic carbocycles. The predicted molar refractivity (Wildman–Crippen MR) is 122 cm³/mol. The molecule has 0 unspecified atom stereocenters. The van der Waals surface area contributed by atoms with Crippen molar-refractivity contribution in [3.05, 3.63) is 39.8 Å². The van der Waals surface area contributed by atoms with E-state index in [1.807, 2.05) is 28.6 Å². The lowest BCUT2D eigenvalue weighted by Crippen LogP contribution is -2.62. The van der Waals surface area contributed by atoms with Crippen LogP contribution in [0.4, 0.5) is 0 Å². The first kappa shape index (κ1) is 19.9. The van der Waals surface area contributed by atoms with Crippen LogP contribution in [0, 0.1) is 6.92 Å². The molecule has 1 aliphatic carbocycles. The van der Waals surface area contributed by atoms with Gasteiger partial charge < -0.3 is 14.6 Å². The van der Waals surface area contributed by atoms with Crippen LogP contribution in [0.1, 0.15) is 47.6 Å². The number of carbonyl (C=O) groups excluding carboxylic acids is 1. The van der Waals surface area contributed by atoms with E-state index in [1.54, 1.807) is 6.20 Å². The highest BCUT2D eigenvalue weighted by molar-refractivity contribution is 6.07. The Morgan fingerprint density at radius 1 is 1.09 bits per heavy atom. The fraction of sp³-hybridized carbons (Fsp3) is 0.542. The molecule has 0 bridgehead atoms. The minimum atomic E-state index is -0.119. The molecule has 2 aliphatic heterocycles. The number of nitrogens with zero attached hydrogens (tertiary/aromatic N) is 4. The molecule has 1 N–H and O–H groups in total. The molecule has 1 saturated carbocycles. The Bertz CT molecular complexity index is 1240. The normalized spacial score (nSPS) is 21.0. The Kier molecular flexibility index (Phi) is 4.80. The number of likely N-dealkylation sites (tertiary alicyclic amines) is 1. The molecule has 3 aromatic rings. The van der Waals surface area contributed by atoms with E-state index in [2.05, 4.69) is 15.0 Å². The highest BCUT2D eigenvalue weighted by Gasteiger charge is 2.36. The van der Waals surface area contributed by atoms with Crippen LogP contribution in [-0.2, 0) is 4.74 Å². The van der Waals surface area contributed by atoms with Gasteiger partial charge in [0.25, 0.3) is 11.5 Å². The molecule has 1 amide bonds. The summed E-state index contributed by atoms with van der Waals surface area (Å²) in [5, 5.41) is 6.10. The van der Waals surface area contributed by atoms with Crippen molar-refractivity contribution in [1.82, 2.24) is 24.6 Å².